The number of benzene rings is 2. The second-order valence-corrected chi connectivity index (χ2v) is 5.33. The van der Waals surface area contributed by atoms with Gasteiger partial charge >= 0.3 is 0 Å². The number of hydrogen-bond donors (Lipinski definition) is 1. The fraction of sp³-hybridized carbons (Fsp3) is 0.235. The van der Waals surface area contributed by atoms with Crippen molar-refractivity contribution in [2.75, 3.05) is 14.1 Å². The van der Waals surface area contributed by atoms with Crippen molar-refractivity contribution in [2.45, 2.75) is 13.0 Å². The molecule has 0 amide bonds. The Balaban J connectivity index is 2.20. The molecule has 0 aliphatic heterocycles. The third-order valence-corrected chi connectivity index (χ3v) is 3.12. The van der Waals surface area contributed by atoms with Crippen molar-refractivity contribution in [3.8, 4) is 11.1 Å². The molecule has 0 aliphatic carbocycles. The lowest BCUT2D eigenvalue weighted by atomic mass is 10.0. The Morgan fingerprint density at radius 2 is 1.70 bits per heavy atom. The molecule has 104 valence electrons. The van der Waals surface area contributed by atoms with E-state index >= 15 is 0 Å². The van der Waals surface area contributed by atoms with Gasteiger partial charge in [0.1, 0.15) is 6.54 Å². The summed E-state index contributed by atoms with van der Waals surface area (Å²) in [5.74, 6) is -1.05. The number of aliphatic carboxylic acids is 1. The summed E-state index contributed by atoms with van der Waals surface area (Å²) < 4.78 is 0. The molecule has 2 rings (SSSR count). The van der Waals surface area contributed by atoms with Crippen molar-refractivity contribution >= 4 is 5.97 Å². The monoisotopic (exact) mass is 269 g/mol. The molecule has 3 heteroatoms. The van der Waals surface area contributed by atoms with E-state index in [-0.39, 0.29) is 6.42 Å². The Labute approximate surface area is 119 Å². The van der Waals surface area contributed by atoms with Crippen LogP contribution in [0.3, 0.4) is 0 Å². The van der Waals surface area contributed by atoms with Gasteiger partial charge in [0.15, 0.2) is 0 Å². The summed E-state index contributed by atoms with van der Waals surface area (Å²) in [6, 6.07) is 16.0. The molecule has 0 saturated heterocycles. The lowest BCUT2D eigenvalue weighted by molar-refractivity contribution is -0.872. The molecule has 20 heavy (non-hydrogen) atoms. The largest absolute Gasteiger partial charge is 0.550 e. The number of carbonyl (C=O) groups is 1. The summed E-state index contributed by atoms with van der Waals surface area (Å²) >= 11 is 0. The van der Waals surface area contributed by atoms with E-state index in [0.29, 0.717) is 0 Å². The van der Waals surface area contributed by atoms with Gasteiger partial charge in [-0.25, -0.2) is 0 Å². The van der Waals surface area contributed by atoms with Crippen molar-refractivity contribution in [3.05, 3.63) is 59.7 Å². The normalized spacial score (nSPS) is 10.8. The first-order valence-corrected chi connectivity index (χ1v) is 6.72. The highest BCUT2D eigenvalue weighted by molar-refractivity contribution is 5.70. The van der Waals surface area contributed by atoms with Crippen molar-refractivity contribution < 1.29 is 14.8 Å². The zero-order valence-electron chi connectivity index (χ0n) is 11.8. The summed E-state index contributed by atoms with van der Waals surface area (Å²) in [5, 5.41) is 10.7. The molecule has 0 bridgehead atoms. The molecule has 0 saturated carbocycles. The smallest absolute Gasteiger partial charge is 0.102 e. The van der Waals surface area contributed by atoms with E-state index in [2.05, 4.69) is 38.4 Å². The number of nitrogens with one attached hydrogen (secondary N) is 1. The summed E-state index contributed by atoms with van der Waals surface area (Å²) in [5.41, 5.74) is 4.19. The van der Waals surface area contributed by atoms with Crippen LogP contribution in [0.1, 0.15) is 11.1 Å². The molecule has 0 spiro atoms. The first kappa shape index (κ1) is 14.3. The molecule has 0 heterocycles. The SMILES string of the molecule is C[NH+](C)Cc1ccc(-c2cccc(CC(=O)[O-])c2)cc1. The number of carboxylic acids is 1. The van der Waals surface area contributed by atoms with E-state index < -0.39 is 5.97 Å². The van der Waals surface area contributed by atoms with Gasteiger partial charge in [0, 0.05) is 18.0 Å². The van der Waals surface area contributed by atoms with Gasteiger partial charge in [0.25, 0.3) is 0 Å². The quantitative estimate of drug-likeness (QED) is 0.848. The molecule has 0 aliphatic rings. The molecule has 2 aromatic rings. The van der Waals surface area contributed by atoms with Gasteiger partial charge in [-0.05, 0) is 16.7 Å². The standard InChI is InChI=1S/C17H19NO2/c1-18(2)12-13-6-8-15(9-7-13)16-5-3-4-14(10-16)11-17(19)20/h3-10H,11-12H2,1-2H3,(H,19,20). The Hall–Kier alpha value is -2.13. The molecule has 0 unspecified atom stereocenters. The number of carboxylic acid groups (broad SMARTS) is 1. The topological polar surface area (TPSA) is 44.6 Å². The van der Waals surface area contributed by atoms with Crippen LogP contribution in [0.5, 0.6) is 0 Å². The van der Waals surface area contributed by atoms with Crippen LogP contribution >= 0.6 is 0 Å². The van der Waals surface area contributed by atoms with Gasteiger partial charge in [-0.3, -0.25) is 0 Å². The Kier molecular flexibility index (Phi) is 4.53. The molecule has 0 fully saturated rings. The van der Waals surface area contributed by atoms with Gasteiger partial charge < -0.3 is 14.8 Å². The maximum Gasteiger partial charge on any atom is 0.102 e. The van der Waals surface area contributed by atoms with Crippen molar-refractivity contribution in [1.82, 2.24) is 0 Å². The second kappa shape index (κ2) is 6.35. The minimum atomic E-state index is -1.05. The molecular weight excluding hydrogens is 250 g/mol. The third-order valence-electron chi connectivity index (χ3n) is 3.12. The lowest BCUT2D eigenvalue weighted by Gasteiger charge is -2.09. The lowest BCUT2D eigenvalue weighted by Crippen LogP contribution is -3.04. The van der Waals surface area contributed by atoms with Crippen LogP contribution in [-0.4, -0.2) is 20.1 Å². The zero-order valence-corrected chi connectivity index (χ0v) is 11.8. The average Bonchev–Trinajstić information content (AvgIpc) is 2.38. The highest BCUT2D eigenvalue weighted by atomic mass is 16.4. The second-order valence-electron chi connectivity index (χ2n) is 5.33. The molecule has 3 nitrogen and oxygen atoms in total. The predicted octanol–water partition coefficient (Wildman–Crippen LogP) is 0.291. The van der Waals surface area contributed by atoms with E-state index in [1.807, 2.05) is 24.3 Å². The minimum Gasteiger partial charge on any atom is -0.550 e. The number of rotatable bonds is 5. The van der Waals surface area contributed by atoms with Gasteiger partial charge in [-0.1, -0.05) is 48.5 Å². The van der Waals surface area contributed by atoms with E-state index in [9.17, 15) is 9.90 Å². The van der Waals surface area contributed by atoms with E-state index in [1.165, 1.54) is 10.5 Å². The van der Waals surface area contributed by atoms with Crippen molar-refractivity contribution in [2.24, 2.45) is 0 Å². The highest BCUT2D eigenvalue weighted by Crippen LogP contribution is 2.21. The molecule has 1 N–H and O–H groups in total. The average molecular weight is 269 g/mol. The number of hydrogen-bond acceptors (Lipinski definition) is 2. The molecule has 0 radical (unpaired) electrons. The maximum absolute atomic E-state index is 10.7. The summed E-state index contributed by atoms with van der Waals surface area (Å²) in [6.07, 6.45) is -0.0457. The number of quaternary nitrogens is 1. The Bertz CT molecular complexity index is 588. The van der Waals surface area contributed by atoms with Gasteiger partial charge in [-0.2, -0.15) is 0 Å². The Morgan fingerprint density at radius 3 is 2.30 bits per heavy atom. The van der Waals surface area contributed by atoms with Gasteiger partial charge in [0.2, 0.25) is 0 Å². The minimum absolute atomic E-state index is 0.0457. The molecular formula is C17H19NO2. The van der Waals surface area contributed by atoms with Crippen LogP contribution in [0.15, 0.2) is 48.5 Å². The molecule has 0 atom stereocenters. The zero-order chi connectivity index (χ0) is 14.5. The molecule has 0 aromatic heterocycles. The van der Waals surface area contributed by atoms with Gasteiger partial charge in [0.05, 0.1) is 14.1 Å². The van der Waals surface area contributed by atoms with Crippen LogP contribution < -0.4 is 10.0 Å². The van der Waals surface area contributed by atoms with Crippen LogP contribution in [0.2, 0.25) is 0 Å². The third kappa shape index (κ3) is 3.93. The van der Waals surface area contributed by atoms with Crippen LogP contribution in [-0.2, 0) is 17.8 Å². The van der Waals surface area contributed by atoms with Crippen molar-refractivity contribution in [3.63, 3.8) is 0 Å². The van der Waals surface area contributed by atoms with Crippen LogP contribution in [0, 0.1) is 0 Å². The highest BCUT2D eigenvalue weighted by Gasteiger charge is 2.02. The molecule has 2 aromatic carbocycles. The fourth-order valence-corrected chi connectivity index (χ4v) is 2.25. The van der Waals surface area contributed by atoms with Gasteiger partial charge in [-0.15, -0.1) is 0 Å². The van der Waals surface area contributed by atoms with E-state index in [4.69, 9.17) is 0 Å². The van der Waals surface area contributed by atoms with Crippen molar-refractivity contribution in [1.29, 1.82) is 0 Å². The van der Waals surface area contributed by atoms with E-state index in [1.54, 1.807) is 0 Å². The summed E-state index contributed by atoms with van der Waals surface area (Å²) in [4.78, 5) is 12.0. The summed E-state index contributed by atoms with van der Waals surface area (Å²) in [6.45, 7) is 0.991. The first-order valence-electron chi connectivity index (χ1n) is 6.72. The first-order chi connectivity index (χ1) is 9.54. The predicted molar refractivity (Wildman–Crippen MR) is 77.1 cm³/mol. The fourth-order valence-electron chi connectivity index (χ4n) is 2.25. The summed E-state index contributed by atoms with van der Waals surface area (Å²) in [7, 11) is 4.24. The van der Waals surface area contributed by atoms with E-state index in [0.717, 1.165) is 23.2 Å². The van der Waals surface area contributed by atoms with Crippen LogP contribution in [0.25, 0.3) is 11.1 Å². The Morgan fingerprint density at radius 1 is 1.00 bits per heavy atom. The maximum atomic E-state index is 10.7. The van der Waals surface area contributed by atoms with Crippen LogP contribution in [0.4, 0.5) is 0 Å². The number of carbonyl (C=O) groups excluding carboxylic acids is 1.